The summed E-state index contributed by atoms with van der Waals surface area (Å²) in [6, 6.07) is 13.9. The monoisotopic (exact) mass is 255 g/mol. The van der Waals surface area contributed by atoms with E-state index in [1.54, 1.807) is 6.07 Å². The highest BCUT2D eigenvalue weighted by atomic mass is 19.1. The van der Waals surface area contributed by atoms with Crippen LogP contribution < -0.4 is 5.32 Å². The largest absolute Gasteiger partial charge is 0.325 e. The Morgan fingerprint density at radius 3 is 2.68 bits per heavy atom. The number of carbonyl (C=O) groups is 1. The van der Waals surface area contributed by atoms with E-state index >= 15 is 0 Å². The quantitative estimate of drug-likeness (QED) is 0.874. The molecule has 0 saturated carbocycles. The second-order valence-corrected chi connectivity index (χ2v) is 4.77. The van der Waals surface area contributed by atoms with Crippen LogP contribution in [0.4, 0.5) is 10.1 Å². The van der Waals surface area contributed by atoms with Crippen LogP contribution >= 0.6 is 0 Å². The summed E-state index contributed by atoms with van der Waals surface area (Å²) < 4.78 is 13.5. The van der Waals surface area contributed by atoms with Crippen molar-refractivity contribution in [1.82, 2.24) is 0 Å². The van der Waals surface area contributed by atoms with Crippen LogP contribution in [0.15, 0.2) is 48.5 Å². The summed E-state index contributed by atoms with van der Waals surface area (Å²) in [5.41, 5.74) is 1.67. The normalized spacial score (nSPS) is 21.1. The van der Waals surface area contributed by atoms with Crippen LogP contribution in [0, 0.1) is 5.82 Å². The smallest absolute Gasteiger partial charge is 0.239 e. The molecule has 96 valence electrons. The maximum absolute atomic E-state index is 13.5. The molecule has 1 aliphatic rings. The van der Waals surface area contributed by atoms with E-state index in [2.05, 4.69) is 5.32 Å². The Labute approximate surface area is 111 Å². The molecule has 2 aromatic carbocycles. The number of anilines is 1. The van der Waals surface area contributed by atoms with E-state index in [0.29, 0.717) is 12.0 Å². The summed E-state index contributed by atoms with van der Waals surface area (Å²) in [5.74, 6) is -0.399. The molecule has 0 fully saturated rings. The number of fused-ring (bicyclic) bond motifs is 1. The minimum atomic E-state index is -0.779. The molecule has 3 rings (SSSR count). The molecular weight excluding hydrogens is 241 g/mol. The first-order valence-electron chi connectivity index (χ1n) is 6.35. The van der Waals surface area contributed by atoms with Gasteiger partial charge in [-0.15, -0.1) is 0 Å². The molecule has 2 aromatic rings. The van der Waals surface area contributed by atoms with Crippen molar-refractivity contribution in [2.45, 2.75) is 18.8 Å². The Bertz CT molecular complexity index is 653. The van der Waals surface area contributed by atoms with Crippen molar-refractivity contribution in [3.05, 3.63) is 65.5 Å². The third-order valence-corrected chi connectivity index (χ3v) is 3.87. The number of halogens is 1. The van der Waals surface area contributed by atoms with Gasteiger partial charge in [0.05, 0.1) is 0 Å². The fraction of sp³-hybridized carbons (Fsp3) is 0.188. The zero-order valence-electron chi connectivity index (χ0n) is 10.6. The van der Waals surface area contributed by atoms with Crippen molar-refractivity contribution in [2.24, 2.45) is 0 Å². The molecule has 1 heterocycles. The third-order valence-electron chi connectivity index (χ3n) is 3.87. The van der Waals surface area contributed by atoms with Crippen LogP contribution in [0.2, 0.25) is 0 Å². The predicted octanol–water partition coefficient (Wildman–Crippen LogP) is 3.47. The van der Waals surface area contributed by atoms with Gasteiger partial charge in [0.25, 0.3) is 0 Å². The number of hydrogen-bond acceptors (Lipinski definition) is 1. The predicted molar refractivity (Wildman–Crippen MR) is 72.5 cm³/mol. The maximum Gasteiger partial charge on any atom is 0.239 e. The molecule has 1 atom stereocenters. The zero-order valence-corrected chi connectivity index (χ0v) is 10.6. The molecule has 1 aliphatic heterocycles. The van der Waals surface area contributed by atoms with E-state index < -0.39 is 5.41 Å². The van der Waals surface area contributed by atoms with Gasteiger partial charge in [-0.1, -0.05) is 37.3 Å². The van der Waals surface area contributed by atoms with Crippen molar-refractivity contribution < 1.29 is 9.18 Å². The van der Waals surface area contributed by atoms with Gasteiger partial charge in [0, 0.05) is 5.69 Å². The van der Waals surface area contributed by atoms with E-state index in [-0.39, 0.29) is 11.7 Å². The van der Waals surface area contributed by atoms with Gasteiger partial charge in [-0.05, 0) is 35.7 Å². The highest BCUT2D eigenvalue weighted by molar-refractivity contribution is 6.08. The molecule has 0 spiro atoms. The highest BCUT2D eigenvalue weighted by Gasteiger charge is 2.46. The molecule has 3 heteroatoms. The van der Waals surface area contributed by atoms with E-state index in [9.17, 15) is 9.18 Å². The second kappa shape index (κ2) is 4.19. The SMILES string of the molecule is CCC1(c2cccc(F)c2)C(=O)Nc2ccccc21. The van der Waals surface area contributed by atoms with Crippen molar-refractivity contribution in [1.29, 1.82) is 0 Å². The van der Waals surface area contributed by atoms with Crippen LogP contribution in [0.25, 0.3) is 0 Å². The van der Waals surface area contributed by atoms with E-state index in [4.69, 9.17) is 0 Å². The number of rotatable bonds is 2. The average Bonchev–Trinajstić information content (AvgIpc) is 2.71. The van der Waals surface area contributed by atoms with Crippen molar-refractivity contribution in [3.8, 4) is 0 Å². The van der Waals surface area contributed by atoms with Gasteiger partial charge in [-0.3, -0.25) is 4.79 Å². The Balaban J connectivity index is 2.27. The average molecular weight is 255 g/mol. The number of para-hydroxylation sites is 1. The summed E-state index contributed by atoms with van der Waals surface area (Å²) in [6.07, 6.45) is 0.597. The Hall–Kier alpha value is -2.16. The molecule has 0 saturated heterocycles. The van der Waals surface area contributed by atoms with Gasteiger partial charge in [-0.25, -0.2) is 4.39 Å². The molecule has 0 aromatic heterocycles. The summed E-state index contributed by atoms with van der Waals surface area (Å²) in [6.45, 7) is 1.95. The topological polar surface area (TPSA) is 29.1 Å². The van der Waals surface area contributed by atoms with Gasteiger partial charge >= 0.3 is 0 Å². The minimum Gasteiger partial charge on any atom is -0.325 e. The number of nitrogens with one attached hydrogen (secondary N) is 1. The first-order valence-corrected chi connectivity index (χ1v) is 6.35. The number of hydrogen-bond donors (Lipinski definition) is 1. The molecule has 0 radical (unpaired) electrons. The van der Waals surface area contributed by atoms with Gasteiger partial charge < -0.3 is 5.32 Å². The molecule has 1 unspecified atom stereocenters. The Morgan fingerprint density at radius 1 is 1.16 bits per heavy atom. The minimum absolute atomic E-state index is 0.0817. The van der Waals surface area contributed by atoms with Crippen LogP contribution in [0.5, 0.6) is 0 Å². The van der Waals surface area contributed by atoms with Gasteiger partial charge in [0.2, 0.25) is 5.91 Å². The first kappa shape index (κ1) is 11.9. The number of amides is 1. The number of benzene rings is 2. The maximum atomic E-state index is 13.5. The van der Waals surface area contributed by atoms with Crippen LogP contribution in [0.1, 0.15) is 24.5 Å². The van der Waals surface area contributed by atoms with Crippen molar-refractivity contribution in [3.63, 3.8) is 0 Å². The fourth-order valence-corrected chi connectivity index (χ4v) is 2.91. The van der Waals surface area contributed by atoms with Crippen LogP contribution in [-0.2, 0) is 10.2 Å². The fourth-order valence-electron chi connectivity index (χ4n) is 2.91. The molecule has 1 N–H and O–H groups in total. The standard InChI is InChI=1S/C16H14FNO/c1-2-16(11-6-5-7-12(17)10-11)13-8-3-4-9-14(13)18-15(16)19/h3-10H,2H2,1H3,(H,18,19). The van der Waals surface area contributed by atoms with E-state index in [1.165, 1.54) is 12.1 Å². The van der Waals surface area contributed by atoms with Gasteiger partial charge in [-0.2, -0.15) is 0 Å². The van der Waals surface area contributed by atoms with Crippen LogP contribution in [-0.4, -0.2) is 5.91 Å². The van der Waals surface area contributed by atoms with E-state index in [0.717, 1.165) is 11.3 Å². The Morgan fingerprint density at radius 2 is 1.95 bits per heavy atom. The molecule has 1 amide bonds. The lowest BCUT2D eigenvalue weighted by molar-refractivity contribution is -0.119. The summed E-state index contributed by atoms with van der Waals surface area (Å²) >= 11 is 0. The van der Waals surface area contributed by atoms with E-state index in [1.807, 2.05) is 37.3 Å². The zero-order chi connectivity index (χ0) is 13.5. The first-order chi connectivity index (χ1) is 9.18. The molecular formula is C16H14FNO. The van der Waals surface area contributed by atoms with Crippen LogP contribution in [0.3, 0.4) is 0 Å². The highest BCUT2D eigenvalue weighted by Crippen LogP contribution is 2.45. The lowest BCUT2D eigenvalue weighted by Crippen LogP contribution is -2.35. The lowest BCUT2D eigenvalue weighted by Gasteiger charge is -2.26. The second-order valence-electron chi connectivity index (χ2n) is 4.77. The third kappa shape index (κ3) is 1.58. The van der Waals surface area contributed by atoms with Crippen molar-refractivity contribution >= 4 is 11.6 Å². The molecule has 0 bridgehead atoms. The Kier molecular flexibility index (Phi) is 2.63. The molecule has 19 heavy (non-hydrogen) atoms. The summed E-state index contributed by atoms with van der Waals surface area (Å²) in [5, 5.41) is 2.90. The summed E-state index contributed by atoms with van der Waals surface area (Å²) in [7, 11) is 0. The van der Waals surface area contributed by atoms with Crippen molar-refractivity contribution in [2.75, 3.05) is 5.32 Å². The molecule has 2 nitrogen and oxygen atoms in total. The number of carbonyl (C=O) groups excluding carboxylic acids is 1. The molecule has 0 aliphatic carbocycles. The lowest BCUT2D eigenvalue weighted by atomic mass is 9.73. The summed E-state index contributed by atoms with van der Waals surface area (Å²) in [4.78, 5) is 12.5. The van der Waals surface area contributed by atoms with Gasteiger partial charge in [0.1, 0.15) is 11.2 Å². The van der Waals surface area contributed by atoms with Gasteiger partial charge in [0.15, 0.2) is 0 Å².